The van der Waals surface area contributed by atoms with Gasteiger partial charge in [0, 0.05) is 37.6 Å². The van der Waals surface area contributed by atoms with Gasteiger partial charge in [-0.3, -0.25) is 0 Å². The first-order valence-corrected chi connectivity index (χ1v) is 12.6. The van der Waals surface area contributed by atoms with Gasteiger partial charge in [0.1, 0.15) is 6.10 Å². The lowest BCUT2D eigenvalue weighted by Crippen LogP contribution is -2.36. The zero-order valence-corrected chi connectivity index (χ0v) is 19.7. The normalized spacial score (nSPS) is 26.1. The number of hydrogen-bond acceptors (Lipinski definition) is 7. The molecule has 1 atom stereocenters. The highest BCUT2D eigenvalue weighted by Gasteiger charge is 2.22. The van der Waals surface area contributed by atoms with Crippen LogP contribution in [0.3, 0.4) is 0 Å². The molecule has 0 amide bonds. The molecule has 0 radical (unpaired) electrons. The standard InChI is InChI=1S/C26H36N4O3/c1-19-4-8-21(9-5-19)28-26-27-17-24(25(29-26)33-23-3-2-14-32-18-23)20-6-10-22(11-7-20)30-12-15-31-16-13-30/h6-7,10-11,17,19,21,23H,2-5,8-9,12-16,18H2,1H3,(H,27,28,29). The molecule has 7 heteroatoms. The molecule has 5 rings (SSSR count). The molecule has 1 unspecified atom stereocenters. The number of nitrogens with zero attached hydrogens (tertiary/aromatic N) is 3. The average Bonchev–Trinajstić information content (AvgIpc) is 2.87. The molecule has 2 aromatic rings. The Labute approximate surface area is 196 Å². The molecule has 1 aromatic heterocycles. The van der Waals surface area contributed by atoms with Crippen molar-refractivity contribution in [2.75, 3.05) is 49.7 Å². The fraction of sp³-hybridized carbons (Fsp3) is 0.615. The van der Waals surface area contributed by atoms with Gasteiger partial charge in [-0.25, -0.2) is 4.98 Å². The van der Waals surface area contributed by atoms with Gasteiger partial charge in [-0.2, -0.15) is 4.98 Å². The molecule has 2 saturated heterocycles. The number of hydrogen-bond donors (Lipinski definition) is 1. The first kappa shape index (κ1) is 22.4. The summed E-state index contributed by atoms with van der Waals surface area (Å²) < 4.78 is 17.5. The van der Waals surface area contributed by atoms with Crippen molar-refractivity contribution in [1.29, 1.82) is 0 Å². The Kier molecular flexibility index (Phi) is 7.27. The van der Waals surface area contributed by atoms with Crippen LogP contribution in [-0.4, -0.2) is 61.6 Å². The molecule has 1 saturated carbocycles. The molecule has 0 bridgehead atoms. The minimum absolute atomic E-state index is 0.0309. The van der Waals surface area contributed by atoms with Crippen LogP contribution in [0, 0.1) is 5.92 Å². The molecule has 3 fully saturated rings. The average molecular weight is 453 g/mol. The minimum Gasteiger partial charge on any atom is -0.471 e. The van der Waals surface area contributed by atoms with Crippen molar-refractivity contribution in [3.63, 3.8) is 0 Å². The second-order valence-corrected chi connectivity index (χ2v) is 9.62. The topological polar surface area (TPSA) is 68.7 Å². The first-order valence-electron chi connectivity index (χ1n) is 12.6. The van der Waals surface area contributed by atoms with Gasteiger partial charge < -0.3 is 24.4 Å². The van der Waals surface area contributed by atoms with Crippen molar-refractivity contribution in [2.24, 2.45) is 5.92 Å². The molecule has 3 heterocycles. The van der Waals surface area contributed by atoms with E-state index in [1.165, 1.54) is 31.4 Å². The van der Waals surface area contributed by atoms with Crippen LogP contribution in [0.4, 0.5) is 11.6 Å². The van der Waals surface area contributed by atoms with Gasteiger partial charge in [0.05, 0.1) is 25.4 Å². The predicted octanol–water partition coefficient (Wildman–Crippen LogP) is 4.53. The van der Waals surface area contributed by atoms with Crippen LogP contribution in [0.25, 0.3) is 11.1 Å². The van der Waals surface area contributed by atoms with E-state index in [4.69, 9.17) is 19.2 Å². The maximum Gasteiger partial charge on any atom is 0.226 e. The lowest BCUT2D eigenvalue weighted by atomic mass is 9.87. The highest BCUT2D eigenvalue weighted by Crippen LogP contribution is 2.33. The van der Waals surface area contributed by atoms with Gasteiger partial charge in [0.25, 0.3) is 0 Å². The van der Waals surface area contributed by atoms with Gasteiger partial charge in [-0.05, 0) is 62.1 Å². The zero-order valence-electron chi connectivity index (χ0n) is 19.7. The fourth-order valence-electron chi connectivity index (χ4n) is 4.95. The maximum atomic E-state index is 6.39. The number of rotatable bonds is 6. The van der Waals surface area contributed by atoms with Crippen LogP contribution in [0.1, 0.15) is 45.4 Å². The van der Waals surface area contributed by atoms with Crippen molar-refractivity contribution in [1.82, 2.24) is 9.97 Å². The van der Waals surface area contributed by atoms with E-state index in [0.717, 1.165) is 62.8 Å². The molecule has 2 aliphatic heterocycles. The van der Waals surface area contributed by atoms with Crippen molar-refractivity contribution in [3.05, 3.63) is 30.5 Å². The monoisotopic (exact) mass is 452 g/mol. The number of anilines is 2. The van der Waals surface area contributed by atoms with E-state index in [1.54, 1.807) is 0 Å². The van der Waals surface area contributed by atoms with E-state index in [2.05, 4.69) is 46.4 Å². The molecular formula is C26H36N4O3. The van der Waals surface area contributed by atoms with Crippen LogP contribution in [0.2, 0.25) is 0 Å². The Morgan fingerprint density at radius 1 is 0.970 bits per heavy atom. The number of morpholine rings is 1. The predicted molar refractivity (Wildman–Crippen MR) is 130 cm³/mol. The van der Waals surface area contributed by atoms with E-state index in [-0.39, 0.29) is 6.10 Å². The minimum atomic E-state index is 0.0309. The van der Waals surface area contributed by atoms with Gasteiger partial charge >= 0.3 is 0 Å². The van der Waals surface area contributed by atoms with Crippen molar-refractivity contribution < 1.29 is 14.2 Å². The van der Waals surface area contributed by atoms with Crippen molar-refractivity contribution in [3.8, 4) is 17.0 Å². The molecule has 1 aromatic carbocycles. The van der Waals surface area contributed by atoms with Gasteiger partial charge in [-0.1, -0.05) is 19.1 Å². The summed E-state index contributed by atoms with van der Waals surface area (Å²) in [6.45, 7) is 7.19. The summed E-state index contributed by atoms with van der Waals surface area (Å²) in [6, 6.07) is 9.06. The Balaban J connectivity index is 1.36. The van der Waals surface area contributed by atoms with Gasteiger partial charge in [-0.15, -0.1) is 0 Å². The second-order valence-electron chi connectivity index (χ2n) is 9.62. The lowest BCUT2D eigenvalue weighted by Gasteiger charge is -2.29. The van der Waals surface area contributed by atoms with Crippen LogP contribution < -0.4 is 15.0 Å². The summed E-state index contributed by atoms with van der Waals surface area (Å²) in [7, 11) is 0. The maximum absolute atomic E-state index is 6.39. The highest BCUT2D eigenvalue weighted by molar-refractivity contribution is 5.70. The number of benzene rings is 1. The second kappa shape index (κ2) is 10.7. The van der Waals surface area contributed by atoms with E-state index < -0.39 is 0 Å². The summed E-state index contributed by atoms with van der Waals surface area (Å²) in [4.78, 5) is 11.9. The number of aromatic nitrogens is 2. The highest BCUT2D eigenvalue weighted by atomic mass is 16.5. The number of nitrogens with one attached hydrogen (secondary N) is 1. The lowest BCUT2D eigenvalue weighted by molar-refractivity contribution is 0.00578. The summed E-state index contributed by atoms with van der Waals surface area (Å²) in [6.07, 6.45) is 8.80. The molecule has 0 spiro atoms. The molecule has 178 valence electrons. The van der Waals surface area contributed by atoms with Gasteiger partial charge in [0.15, 0.2) is 0 Å². The number of ether oxygens (including phenoxy) is 3. The summed E-state index contributed by atoms with van der Waals surface area (Å²) in [5, 5.41) is 3.56. The largest absolute Gasteiger partial charge is 0.471 e. The molecule has 1 aliphatic carbocycles. The molecular weight excluding hydrogens is 416 g/mol. The summed E-state index contributed by atoms with van der Waals surface area (Å²) >= 11 is 0. The quantitative estimate of drug-likeness (QED) is 0.691. The Hall–Kier alpha value is -2.38. The molecule has 3 aliphatic rings. The third-order valence-corrected chi connectivity index (χ3v) is 7.05. The van der Waals surface area contributed by atoms with Crippen molar-refractivity contribution in [2.45, 2.75) is 57.6 Å². The SMILES string of the molecule is CC1CCC(Nc2ncc(-c3ccc(N4CCOCC4)cc3)c(OC3CCCOC3)n2)CC1. The summed E-state index contributed by atoms with van der Waals surface area (Å²) in [5.41, 5.74) is 3.21. The third kappa shape index (κ3) is 5.76. The fourth-order valence-corrected chi connectivity index (χ4v) is 4.95. The van der Waals surface area contributed by atoms with Crippen LogP contribution >= 0.6 is 0 Å². The Morgan fingerprint density at radius 2 is 1.76 bits per heavy atom. The molecule has 1 N–H and O–H groups in total. The van der Waals surface area contributed by atoms with E-state index in [9.17, 15) is 0 Å². The Morgan fingerprint density at radius 3 is 2.48 bits per heavy atom. The van der Waals surface area contributed by atoms with E-state index >= 15 is 0 Å². The third-order valence-electron chi connectivity index (χ3n) is 7.05. The Bertz CT molecular complexity index is 887. The molecule has 33 heavy (non-hydrogen) atoms. The molecule has 7 nitrogen and oxygen atoms in total. The first-order chi connectivity index (χ1) is 16.2. The van der Waals surface area contributed by atoms with Crippen molar-refractivity contribution >= 4 is 11.6 Å². The summed E-state index contributed by atoms with van der Waals surface area (Å²) in [5.74, 6) is 2.12. The smallest absolute Gasteiger partial charge is 0.226 e. The zero-order chi connectivity index (χ0) is 22.5. The van der Waals surface area contributed by atoms with Crippen LogP contribution in [-0.2, 0) is 9.47 Å². The van der Waals surface area contributed by atoms with Crippen LogP contribution in [0.15, 0.2) is 30.5 Å². The van der Waals surface area contributed by atoms with E-state index in [1.807, 2.05) is 6.20 Å². The van der Waals surface area contributed by atoms with Gasteiger partial charge in [0.2, 0.25) is 11.8 Å². The van der Waals surface area contributed by atoms with Crippen LogP contribution in [0.5, 0.6) is 5.88 Å². The van der Waals surface area contributed by atoms with E-state index in [0.29, 0.717) is 24.5 Å².